The Hall–Kier alpha value is -2.51. The number of hydrogen-bond donors (Lipinski definition) is 2. The van der Waals surface area contributed by atoms with Crippen LogP contribution < -0.4 is 10.0 Å². The highest BCUT2D eigenvalue weighted by molar-refractivity contribution is 7.89. The average molecular weight is 362 g/mol. The molecule has 2 N–H and O–H groups in total. The van der Waals surface area contributed by atoms with Gasteiger partial charge in [-0.25, -0.2) is 17.5 Å². The van der Waals surface area contributed by atoms with Crippen molar-refractivity contribution in [3.8, 4) is 0 Å². The van der Waals surface area contributed by atoms with E-state index in [1.54, 1.807) is 12.1 Å². The van der Waals surface area contributed by atoms with Crippen LogP contribution in [0.4, 0.5) is 10.1 Å². The van der Waals surface area contributed by atoms with Crippen LogP contribution in [-0.4, -0.2) is 20.9 Å². The summed E-state index contributed by atoms with van der Waals surface area (Å²) in [5, 5.41) is 2.66. The van der Waals surface area contributed by atoms with Crippen LogP contribution in [0.5, 0.6) is 0 Å². The molecule has 25 heavy (non-hydrogen) atoms. The summed E-state index contributed by atoms with van der Waals surface area (Å²) in [5.41, 5.74) is 1.74. The van der Waals surface area contributed by atoms with Crippen LogP contribution in [0.1, 0.15) is 22.8 Å². The molecule has 0 bridgehead atoms. The quantitative estimate of drug-likeness (QED) is 0.743. The molecule has 0 heterocycles. The van der Waals surface area contributed by atoms with Crippen molar-refractivity contribution in [3.63, 3.8) is 0 Å². The Balaban J connectivity index is 2.25. The van der Waals surface area contributed by atoms with Gasteiger partial charge in [0.05, 0.1) is 0 Å². The molecular weight excluding hydrogens is 343 g/mol. The summed E-state index contributed by atoms with van der Waals surface area (Å²) < 4.78 is 40.2. The fourth-order valence-electron chi connectivity index (χ4n) is 2.12. The van der Waals surface area contributed by atoms with Crippen molar-refractivity contribution in [2.24, 2.45) is 0 Å². The summed E-state index contributed by atoms with van der Waals surface area (Å²) in [5.74, 6) is -1.45. The monoisotopic (exact) mass is 362 g/mol. The zero-order valence-electron chi connectivity index (χ0n) is 13.8. The molecule has 2 aromatic carbocycles. The topological polar surface area (TPSA) is 75.3 Å². The van der Waals surface area contributed by atoms with Crippen molar-refractivity contribution in [3.05, 3.63) is 72.1 Å². The molecule has 0 aromatic heterocycles. The van der Waals surface area contributed by atoms with Gasteiger partial charge < -0.3 is 5.32 Å². The molecule has 0 aliphatic rings. The van der Waals surface area contributed by atoms with Gasteiger partial charge in [0.1, 0.15) is 10.7 Å². The third-order valence-corrected chi connectivity index (χ3v) is 4.96. The lowest BCUT2D eigenvalue weighted by molar-refractivity contribution is 0.102. The highest BCUT2D eigenvalue weighted by Crippen LogP contribution is 2.18. The number of carbonyl (C=O) groups is 1. The number of amides is 1. The van der Waals surface area contributed by atoms with Crippen LogP contribution in [0.15, 0.2) is 60.0 Å². The third-order valence-electron chi connectivity index (χ3n) is 3.52. The van der Waals surface area contributed by atoms with Crippen molar-refractivity contribution in [2.75, 3.05) is 11.9 Å². The maximum Gasteiger partial charge on any atom is 0.255 e. The van der Waals surface area contributed by atoms with Gasteiger partial charge in [-0.15, -0.1) is 6.58 Å². The van der Waals surface area contributed by atoms with E-state index >= 15 is 0 Å². The first kappa shape index (κ1) is 18.8. The molecule has 0 fully saturated rings. The second-order valence-corrected chi connectivity index (χ2v) is 7.03. The lowest BCUT2D eigenvalue weighted by atomic mass is 10.1. The lowest BCUT2D eigenvalue weighted by Crippen LogP contribution is -2.25. The maximum absolute atomic E-state index is 13.9. The molecule has 0 aliphatic carbocycles. The second-order valence-electron chi connectivity index (χ2n) is 5.29. The molecule has 0 aliphatic heterocycles. The molecule has 0 atom stereocenters. The fourth-order valence-corrected chi connectivity index (χ4v) is 3.22. The van der Waals surface area contributed by atoms with Crippen LogP contribution >= 0.6 is 0 Å². The summed E-state index contributed by atoms with van der Waals surface area (Å²) in [6.07, 6.45) is 2.22. The number of sulfonamides is 1. The van der Waals surface area contributed by atoms with Crippen LogP contribution in [0.2, 0.25) is 0 Å². The summed E-state index contributed by atoms with van der Waals surface area (Å²) in [6, 6.07) is 10.5. The summed E-state index contributed by atoms with van der Waals surface area (Å²) >= 11 is 0. The van der Waals surface area contributed by atoms with E-state index in [1.807, 2.05) is 19.1 Å². The number of hydrogen-bond acceptors (Lipinski definition) is 3. The first-order valence-corrected chi connectivity index (χ1v) is 9.16. The first-order chi connectivity index (χ1) is 11.9. The number of benzene rings is 2. The summed E-state index contributed by atoms with van der Waals surface area (Å²) in [7, 11) is -4.07. The van der Waals surface area contributed by atoms with Gasteiger partial charge in [0.25, 0.3) is 5.91 Å². The van der Waals surface area contributed by atoms with E-state index < -0.39 is 26.6 Å². The first-order valence-electron chi connectivity index (χ1n) is 7.67. The molecule has 0 saturated heterocycles. The lowest BCUT2D eigenvalue weighted by Gasteiger charge is -2.09. The van der Waals surface area contributed by atoms with E-state index in [0.29, 0.717) is 5.69 Å². The summed E-state index contributed by atoms with van der Waals surface area (Å²) in [4.78, 5) is 11.7. The average Bonchev–Trinajstić information content (AvgIpc) is 2.60. The highest BCUT2D eigenvalue weighted by atomic mass is 32.2. The van der Waals surface area contributed by atoms with Crippen LogP contribution in [0, 0.1) is 5.82 Å². The number of aryl methyl sites for hydroxylation is 1. The minimum Gasteiger partial charge on any atom is -0.322 e. The number of nitrogens with one attached hydrogen (secondary N) is 2. The molecule has 132 valence electrons. The number of halogens is 1. The molecule has 2 rings (SSSR count). The zero-order chi connectivity index (χ0) is 18.4. The van der Waals surface area contributed by atoms with Crippen LogP contribution in [0.3, 0.4) is 0 Å². The van der Waals surface area contributed by atoms with Gasteiger partial charge in [-0.3, -0.25) is 4.79 Å². The minimum absolute atomic E-state index is 0.0397. The standard InChI is InChI=1S/C18H19FN2O3S/c1-3-11-20-25(23,24)17-12-14(7-10-16(17)19)18(22)21-15-8-5-13(4-2)6-9-15/h3,5-10,12,20H,1,4,11H2,2H3,(H,21,22). The van der Waals surface area contributed by atoms with Gasteiger partial charge in [-0.1, -0.05) is 25.1 Å². The Bertz CT molecular complexity index is 878. The highest BCUT2D eigenvalue weighted by Gasteiger charge is 2.20. The van der Waals surface area contributed by atoms with Crippen molar-refractivity contribution in [2.45, 2.75) is 18.2 Å². The molecule has 0 unspecified atom stereocenters. The normalized spacial score (nSPS) is 11.1. The molecule has 7 heteroatoms. The van der Waals surface area contributed by atoms with Gasteiger partial charge in [0.15, 0.2) is 0 Å². The Labute approximate surface area is 146 Å². The second kappa shape index (κ2) is 8.04. The van der Waals surface area contributed by atoms with Crippen LogP contribution in [-0.2, 0) is 16.4 Å². The van der Waals surface area contributed by atoms with Crippen molar-refractivity contribution >= 4 is 21.6 Å². The van der Waals surface area contributed by atoms with E-state index in [2.05, 4.69) is 16.6 Å². The smallest absolute Gasteiger partial charge is 0.255 e. The van der Waals surface area contributed by atoms with Gasteiger partial charge in [0.2, 0.25) is 10.0 Å². The molecule has 0 saturated carbocycles. The van der Waals surface area contributed by atoms with Gasteiger partial charge in [-0.05, 0) is 42.3 Å². The zero-order valence-corrected chi connectivity index (χ0v) is 14.6. The predicted octanol–water partition coefficient (Wildman–Crippen LogP) is 3.10. The Morgan fingerprint density at radius 3 is 2.48 bits per heavy atom. The summed E-state index contributed by atoms with van der Waals surface area (Å²) in [6.45, 7) is 5.38. The molecular formula is C18H19FN2O3S. The van der Waals surface area contributed by atoms with Gasteiger partial charge >= 0.3 is 0 Å². The largest absolute Gasteiger partial charge is 0.322 e. The SMILES string of the molecule is C=CCNS(=O)(=O)c1cc(C(=O)Nc2ccc(CC)cc2)ccc1F. The number of carbonyl (C=O) groups excluding carboxylic acids is 1. The molecule has 0 radical (unpaired) electrons. The van der Waals surface area contributed by atoms with E-state index in [0.717, 1.165) is 24.1 Å². The maximum atomic E-state index is 13.9. The van der Waals surface area contributed by atoms with E-state index in [9.17, 15) is 17.6 Å². The van der Waals surface area contributed by atoms with Gasteiger partial charge in [0, 0.05) is 17.8 Å². The molecule has 0 spiro atoms. The number of rotatable bonds is 7. The van der Waals surface area contributed by atoms with Gasteiger partial charge in [-0.2, -0.15) is 0 Å². The Kier molecular flexibility index (Phi) is 6.06. The Morgan fingerprint density at radius 1 is 1.20 bits per heavy atom. The minimum atomic E-state index is -4.07. The van der Waals surface area contributed by atoms with E-state index in [1.165, 1.54) is 12.1 Å². The molecule has 1 amide bonds. The predicted molar refractivity (Wildman–Crippen MR) is 95.6 cm³/mol. The Morgan fingerprint density at radius 2 is 1.88 bits per heavy atom. The van der Waals surface area contributed by atoms with Crippen molar-refractivity contribution in [1.82, 2.24) is 4.72 Å². The third kappa shape index (κ3) is 4.74. The van der Waals surface area contributed by atoms with Crippen LogP contribution in [0.25, 0.3) is 0 Å². The van der Waals surface area contributed by atoms with E-state index in [4.69, 9.17) is 0 Å². The fraction of sp³-hybridized carbons (Fsp3) is 0.167. The molecule has 2 aromatic rings. The van der Waals surface area contributed by atoms with Crippen molar-refractivity contribution < 1.29 is 17.6 Å². The molecule has 5 nitrogen and oxygen atoms in total. The van der Waals surface area contributed by atoms with E-state index in [-0.39, 0.29) is 12.1 Å². The number of anilines is 1. The van der Waals surface area contributed by atoms with Crippen molar-refractivity contribution in [1.29, 1.82) is 0 Å².